The van der Waals surface area contributed by atoms with Crippen molar-refractivity contribution in [3.8, 4) is 5.88 Å². The highest BCUT2D eigenvalue weighted by molar-refractivity contribution is 5.37. The molecule has 0 aliphatic rings. The second-order valence-corrected chi connectivity index (χ2v) is 2.88. The molecule has 4 heteroatoms. The molecule has 0 radical (unpaired) electrons. The van der Waals surface area contributed by atoms with Gasteiger partial charge in [-0.1, -0.05) is 18.2 Å². The molecule has 15 heavy (non-hydrogen) atoms. The van der Waals surface area contributed by atoms with E-state index < -0.39 is 0 Å². The van der Waals surface area contributed by atoms with Crippen molar-refractivity contribution in [2.75, 3.05) is 25.0 Å². The van der Waals surface area contributed by atoms with Crippen LogP contribution in [0.3, 0.4) is 0 Å². The molecule has 0 aromatic carbocycles. The first-order valence-electron chi connectivity index (χ1n) is 5.05. The van der Waals surface area contributed by atoms with E-state index in [1.165, 1.54) is 0 Å². The fourth-order valence-corrected chi connectivity index (χ4v) is 1.08. The number of rotatable bonds is 6. The van der Waals surface area contributed by atoms with Gasteiger partial charge in [0.2, 0.25) is 5.88 Å². The first-order chi connectivity index (χ1) is 7.36. The number of pyridine rings is 1. The number of nitrogens with two attached hydrogens (primary N) is 1. The summed E-state index contributed by atoms with van der Waals surface area (Å²) in [5.74, 6) is 1.45. The van der Waals surface area contributed by atoms with E-state index in [1.54, 1.807) is 0 Å². The van der Waals surface area contributed by atoms with Crippen LogP contribution in [-0.4, -0.2) is 24.7 Å². The molecule has 0 saturated carbocycles. The average molecular weight is 207 g/mol. The van der Waals surface area contributed by atoms with Gasteiger partial charge in [0, 0.05) is 19.2 Å². The highest BCUT2D eigenvalue weighted by atomic mass is 16.5. The SMILES string of the molecule is CCOc1cccc(NC/C=C/CN)n1. The van der Waals surface area contributed by atoms with Crippen LogP contribution in [0.15, 0.2) is 30.4 Å². The number of ether oxygens (including phenoxy) is 1. The molecule has 0 spiro atoms. The zero-order valence-electron chi connectivity index (χ0n) is 8.94. The smallest absolute Gasteiger partial charge is 0.215 e. The third kappa shape index (κ3) is 4.46. The predicted molar refractivity (Wildman–Crippen MR) is 62.1 cm³/mol. The molecule has 0 atom stereocenters. The summed E-state index contributed by atoms with van der Waals surface area (Å²) in [6.07, 6.45) is 3.87. The number of aromatic nitrogens is 1. The van der Waals surface area contributed by atoms with E-state index in [9.17, 15) is 0 Å². The lowest BCUT2D eigenvalue weighted by molar-refractivity contribution is 0.327. The Bertz CT molecular complexity index is 312. The molecule has 3 N–H and O–H groups in total. The van der Waals surface area contributed by atoms with Gasteiger partial charge in [-0.3, -0.25) is 0 Å². The van der Waals surface area contributed by atoms with Crippen molar-refractivity contribution in [2.24, 2.45) is 5.73 Å². The van der Waals surface area contributed by atoms with Gasteiger partial charge in [0.15, 0.2) is 0 Å². The summed E-state index contributed by atoms with van der Waals surface area (Å²) in [5.41, 5.74) is 5.32. The maximum Gasteiger partial charge on any atom is 0.215 e. The van der Waals surface area contributed by atoms with Crippen molar-refractivity contribution in [2.45, 2.75) is 6.92 Å². The largest absolute Gasteiger partial charge is 0.478 e. The Hall–Kier alpha value is -1.55. The minimum absolute atomic E-state index is 0.564. The summed E-state index contributed by atoms with van der Waals surface area (Å²) >= 11 is 0. The first-order valence-corrected chi connectivity index (χ1v) is 5.05. The van der Waals surface area contributed by atoms with Crippen LogP contribution in [0.1, 0.15) is 6.92 Å². The van der Waals surface area contributed by atoms with Crippen LogP contribution < -0.4 is 15.8 Å². The molecule has 0 unspecified atom stereocenters. The minimum Gasteiger partial charge on any atom is -0.478 e. The molecule has 0 saturated heterocycles. The van der Waals surface area contributed by atoms with Gasteiger partial charge in [0.25, 0.3) is 0 Å². The summed E-state index contributed by atoms with van der Waals surface area (Å²) < 4.78 is 5.28. The maximum atomic E-state index is 5.32. The lowest BCUT2D eigenvalue weighted by Gasteiger charge is -2.05. The zero-order valence-corrected chi connectivity index (χ0v) is 8.94. The number of hydrogen-bond donors (Lipinski definition) is 2. The second-order valence-electron chi connectivity index (χ2n) is 2.88. The lowest BCUT2D eigenvalue weighted by atomic mass is 10.4. The molecular weight excluding hydrogens is 190 g/mol. The molecule has 82 valence electrons. The highest BCUT2D eigenvalue weighted by Gasteiger charge is 1.95. The van der Waals surface area contributed by atoms with E-state index in [4.69, 9.17) is 10.5 Å². The van der Waals surface area contributed by atoms with Crippen LogP contribution >= 0.6 is 0 Å². The zero-order chi connectivity index (χ0) is 10.9. The molecule has 0 amide bonds. The molecular formula is C11H17N3O. The molecule has 4 nitrogen and oxygen atoms in total. The van der Waals surface area contributed by atoms with Crippen molar-refractivity contribution in [3.05, 3.63) is 30.4 Å². The monoisotopic (exact) mass is 207 g/mol. The molecule has 1 rings (SSSR count). The highest BCUT2D eigenvalue weighted by Crippen LogP contribution is 2.10. The Labute approximate surface area is 90.2 Å². The van der Waals surface area contributed by atoms with Crippen LogP contribution in [-0.2, 0) is 0 Å². The van der Waals surface area contributed by atoms with E-state index >= 15 is 0 Å². The fourth-order valence-electron chi connectivity index (χ4n) is 1.08. The Kier molecular flexibility index (Phi) is 5.25. The van der Waals surface area contributed by atoms with Gasteiger partial charge in [-0.25, -0.2) is 0 Å². The van der Waals surface area contributed by atoms with Crippen LogP contribution in [0, 0.1) is 0 Å². The van der Waals surface area contributed by atoms with Gasteiger partial charge in [0.05, 0.1) is 6.61 Å². The van der Waals surface area contributed by atoms with Gasteiger partial charge in [-0.15, -0.1) is 0 Å². The molecule has 1 heterocycles. The molecule has 0 aliphatic heterocycles. The Morgan fingerprint density at radius 1 is 1.47 bits per heavy atom. The summed E-state index contributed by atoms with van der Waals surface area (Å²) in [6.45, 7) is 3.85. The Balaban J connectivity index is 2.46. The van der Waals surface area contributed by atoms with Crippen molar-refractivity contribution in [3.63, 3.8) is 0 Å². The van der Waals surface area contributed by atoms with E-state index in [0.717, 1.165) is 12.4 Å². The summed E-state index contributed by atoms with van der Waals surface area (Å²) in [7, 11) is 0. The predicted octanol–water partition coefficient (Wildman–Crippen LogP) is 1.41. The standard InChI is InChI=1S/C11H17N3O/c1-2-15-11-7-5-6-10(14-11)13-9-4-3-8-12/h3-7H,2,8-9,12H2,1H3,(H,13,14)/b4-3+. The summed E-state index contributed by atoms with van der Waals surface area (Å²) in [4.78, 5) is 4.26. The van der Waals surface area contributed by atoms with E-state index in [1.807, 2.05) is 37.3 Å². The number of anilines is 1. The third-order valence-electron chi connectivity index (χ3n) is 1.72. The minimum atomic E-state index is 0.564. The molecule has 1 aromatic heterocycles. The van der Waals surface area contributed by atoms with Crippen molar-refractivity contribution in [1.29, 1.82) is 0 Å². The van der Waals surface area contributed by atoms with E-state index in [0.29, 0.717) is 19.0 Å². The summed E-state index contributed by atoms with van der Waals surface area (Å²) in [5, 5.41) is 3.14. The Morgan fingerprint density at radius 3 is 3.07 bits per heavy atom. The molecule has 0 fully saturated rings. The number of nitrogens with zero attached hydrogens (tertiary/aromatic N) is 1. The molecule has 1 aromatic rings. The van der Waals surface area contributed by atoms with Crippen LogP contribution in [0.25, 0.3) is 0 Å². The summed E-state index contributed by atoms with van der Waals surface area (Å²) in [6, 6.07) is 5.65. The van der Waals surface area contributed by atoms with Gasteiger partial charge < -0.3 is 15.8 Å². The quantitative estimate of drug-likeness (QED) is 0.692. The van der Waals surface area contributed by atoms with Crippen LogP contribution in [0.2, 0.25) is 0 Å². The third-order valence-corrected chi connectivity index (χ3v) is 1.72. The van der Waals surface area contributed by atoms with Crippen molar-refractivity contribution in [1.82, 2.24) is 4.98 Å². The van der Waals surface area contributed by atoms with Crippen LogP contribution in [0.4, 0.5) is 5.82 Å². The van der Waals surface area contributed by atoms with Gasteiger partial charge in [-0.2, -0.15) is 4.98 Å². The molecule has 0 aliphatic carbocycles. The van der Waals surface area contributed by atoms with Crippen molar-refractivity contribution >= 4 is 5.82 Å². The number of nitrogens with one attached hydrogen (secondary N) is 1. The maximum absolute atomic E-state index is 5.32. The number of hydrogen-bond acceptors (Lipinski definition) is 4. The lowest BCUT2D eigenvalue weighted by Crippen LogP contribution is -2.03. The molecule has 0 bridgehead atoms. The van der Waals surface area contributed by atoms with Crippen molar-refractivity contribution < 1.29 is 4.74 Å². The van der Waals surface area contributed by atoms with Gasteiger partial charge in [0.1, 0.15) is 5.82 Å². The Morgan fingerprint density at radius 2 is 2.33 bits per heavy atom. The topological polar surface area (TPSA) is 60.2 Å². The van der Waals surface area contributed by atoms with E-state index in [-0.39, 0.29) is 0 Å². The normalized spacial score (nSPS) is 10.5. The van der Waals surface area contributed by atoms with Gasteiger partial charge >= 0.3 is 0 Å². The fraction of sp³-hybridized carbons (Fsp3) is 0.364. The second kappa shape index (κ2) is 6.84. The van der Waals surface area contributed by atoms with Gasteiger partial charge in [-0.05, 0) is 13.0 Å². The first kappa shape index (κ1) is 11.5. The average Bonchev–Trinajstić information content (AvgIpc) is 2.26. The van der Waals surface area contributed by atoms with E-state index in [2.05, 4.69) is 10.3 Å². The van der Waals surface area contributed by atoms with Crippen LogP contribution in [0.5, 0.6) is 5.88 Å².